The average molecular weight is 636 g/mol. The van der Waals surface area contributed by atoms with Crippen LogP contribution in [0.2, 0.25) is 0 Å². The van der Waals surface area contributed by atoms with E-state index in [1.807, 2.05) is 66.7 Å². The molecule has 1 heterocycles. The summed E-state index contributed by atoms with van der Waals surface area (Å²) in [4.78, 5) is 22.7. The molecule has 0 spiro atoms. The lowest BCUT2D eigenvalue weighted by Gasteiger charge is -2.31. The van der Waals surface area contributed by atoms with E-state index < -0.39 is 11.6 Å². The summed E-state index contributed by atoms with van der Waals surface area (Å²) in [6.45, 7) is 0.710. The second kappa shape index (κ2) is 15.7. The zero-order valence-corrected chi connectivity index (χ0v) is 26.3. The van der Waals surface area contributed by atoms with Gasteiger partial charge in [0.1, 0.15) is 17.2 Å². The first-order chi connectivity index (χ1) is 23.0. The van der Waals surface area contributed by atoms with Gasteiger partial charge in [-0.2, -0.15) is 0 Å². The minimum atomic E-state index is -1.47. The Morgan fingerprint density at radius 3 is 2.47 bits per heavy atom. The average Bonchev–Trinajstić information content (AvgIpc) is 3.49. The summed E-state index contributed by atoms with van der Waals surface area (Å²) in [5.74, 6) is 1.93. The monoisotopic (exact) mass is 635 g/mol. The number of hydrogen-bond donors (Lipinski definition) is 2. The number of methoxy groups -OCH3 is 2. The first kappa shape index (κ1) is 32.9. The summed E-state index contributed by atoms with van der Waals surface area (Å²) in [6.07, 6.45) is 0.281. The van der Waals surface area contributed by atoms with Crippen molar-refractivity contribution in [3.63, 3.8) is 0 Å². The molecule has 0 radical (unpaired) electrons. The van der Waals surface area contributed by atoms with Gasteiger partial charge < -0.3 is 29.4 Å². The number of nitrogens with zero attached hydrogens (tertiary/aromatic N) is 4. The van der Waals surface area contributed by atoms with E-state index in [4.69, 9.17) is 29.0 Å². The highest BCUT2D eigenvalue weighted by molar-refractivity contribution is 6.01. The highest BCUT2D eigenvalue weighted by Crippen LogP contribution is 2.45. The molecule has 5 rings (SSSR count). The summed E-state index contributed by atoms with van der Waals surface area (Å²) in [7, 11) is 3.20. The number of amides is 1. The van der Waals surface area contributed by atoms with Gasteiger partial charge in [0.15, 0.2) is 11.6 Å². The maximum absolute atomic E-state index is 14.6. The predicted molar refractivity (Wildman–Crippen MR) is 178 cm³/mol. The van der Waals surface area contributed by atoms with Gasteiger partial charge in [-0.25, -0.2) is 4.99 Å². The van der Waals surface area contributed by atoms with Crippen molar-refractivity contribution < 1.29 is 28.8 Å². The van der Waals surface area contributed by atoms with Gasteiger partial charge in [-0.15, -0.1) is 0 Å². The number of aliphatic hydroxyl groups excluding tert-OH is 1. The van der Waals surface area contributed by atoms with Gasteiger partial charge in [0.05, 0.1) is 20.8 Å². The fourth-order valence-electron chi connectivity index (χ4n) is 5.56. The maximum atomic E-state index is 14.6. The normalized spacial score (nSPS) is 16.7. The van der Waals surface area contributed by atoms with Gasteiger partial charge >= 0.3 is 0 Å². The number of carbonyl (C=O) groups excluding carboxylic acids is 1. The van der Waals surface area contributed by atoms with Crippen LogP contribution in [0.5, 0.6) is 17.2 Å². The predicted octanol–water partition coefficient (Wildman–Crippen LogP) is 6.27. The molecule has 1 amide bonds. The van der Waals surface area contributed by atoms with E-state index in [2.05, 4.69) is 15.3 Å². The number of aliphatic hydroxyl groups is 1. The van der Waals surface area contributed by atoms with Crippen LogP contribution in [0.3, 0.4) is 0 Å². The van der Waals surface area contributed by atoms with Gasteiger partial charge in [0.25, 0.3) is 5.91 Å². The first-order valence-corrected chi connectivity index (χ1v) is 15.3. The second-order valence-electron chi connectivity index (χ2n) is 10.9. The van der Waals surface area contributed by atoms with Crippen LogP contribution in [0.15, 0.2) is 107 Å². The molecule has 242 valence electrons. The van der Waals surface area contributed by atoms with Crippen molar-refractivity contribution in [1.82, 2.24) is 5.32 Å². The van der Waals surface area contributed by atoms with E-state index in [1.54, 1.807) is 44.6 Å². The topological polar surface area (TPSA) is 147 Å². The number of azide groups is 1. The molecule has 0 saturated heterocycles. The van der Waals surface area contributed by atoms with Crippen molar-refractivity contribution in [2.45, 2.75) is 30.9 Å². The molecule has 0 aromatic heterocycles. The maximum Gasteiger partial charge on any atom is 0.252 e. The lowest BCUT2D eigenvalue weighted by Crippen LogP contribution is -2.50. The minimum absolute atomic E-state index is 0.0418. The Bertz CT molecular complexity index is 1740. The highest BCUT2D eigenvalue weighted by atomic mass is 16.5. The van der Waals surface area contributed by atoms with E-state index in [0.717, 1.165) is 11.1 Å². The van der Waals surface area contributed by atoms with Gasteiger partial charge in [0.2, 0.25) is 5.90 Å². The molecule has 1 aliphatic heterocycles. The number of benzene rings is 4. The third-order valence-electron chi connectivity index (χ3n) is 7.89. The molecule has 0 unspecified atom stereocenters. The van der Waals surface area contributed by atoms with Crippen LogP contribution >= 0.6 is 0 Å². The van der Waals surface area contributed by atoms with Crippen molar-refractivity contribution in [3.8, 4) is 17.2 Å². The van der Waals surface area contributed by atoms with E-state index in [1.165, 1.54) is 0 Å². The molecule has 4 aromatic carbocycles. The lowest BCUT2D eigenvalue weighted by atomic mass is 9.81. The van der Waals surface area contributed by atoms with E-state index in [9.17, 15) is 10.3 Å². The summed E-state index contributed by atoms with van der Waals surface area (Å²) in [5.41, 5.74) is 11.2. The van der Waals surface area contributed by atoms with E-state index >= 15 is 0 Å². The van der Waals surface area contributed by atoms with Gasteiger partial charge in [-0.1, -0.05) is 59.7 Å². The third-order valence-corrected chi connectivity index (χ3v) is 7.89. The number of aliphatic imine (C=N–C) groups is 1. The van der Waals surface area contributed by atoms with Crippen molar-refractivity contribution >= 4 is 17.5 Å². The molecule has 2 N–H and O–H groups in total. The fourth-order valence-corrected chi connectivity index (χ4v) is 5.56. The molecule has 4 aromatic rings. The minimum Gasteiger partial charge on any atom is -0.497 e. The molecule has 11 nitrogen and oxygen atoms in total. The molecule has 0 fully saturated rings. The van der Waals surface area contributed by atoms with E-state index in [-0.39, 0.29) is 31.4 Å². The molecule has 47 heavy (non-hydrogen) atoms. The van der Waals surface area contributed by atoms with Crippen molar-refractivity contribution in [1.29, 1.82) is 0 Å². The molecular formula is C36H37N5O6. The lowest BCUT2D eigenvalue weighted by molar-refractivity contribution is -0.128. The smallest absolute Gasteiger partial charge is 0.252 e. The van der Waals surface area contributed by atoms with Crippen molar-refractivity contribution in [2.24, 2.45) is 10.1 Å². The summed E-state index contributed by atoms with van der Waals surface area (Å²) < 4.78 is 23.2. The molecular weight excluding hydrogens is 598 g/mol. The summed E-state index contributed by atoms with van der Waals surface area (Å²) >= 11 is 0. The Kier molecular flexibility index (Phi) is 11.0. The van der Waals surface area contributed by atoms with Crippen LogP contribution in [-0.2, 0) is 22.4 Å². The van der Waals surface area contributed by atoms with Gasteiger partial charge in [0, 0.05) is 47.7 Å². The van der Waals surface area contributed by atoms with Crippen LogP contribution in [-0.4, -0.2) is 56.4 Å². The Balaban J connectivity index is 1.54. The third kappa shape index (κ3) is 7.66. The Labute approximate surface area is 273 Å². The largest absolute Gasteiger partial charge is 0.497 e. The van der Waals surface area contributed by atoms with Crippen molar-refractivity contribution in [3.05, 3.63) is 130 Å². The van der Waals surface area contributed by atoms with Crippen LogP contribution < -0.4 is 19.5 Å². The molecule has 1 aliphatic rings. The summed E-state index contributed by atoms with van der Waals surface area (Å²) in [5, 5.41) is 16.1. The number of nitrogens with one attached hydrogen (secondary N) is 1. The van der Waals surface area contributed by atoms with Crippen LogP contribution in [0.25, 0.3) is 10.4 Å². The molecule has 2 atom stereocenters. The highest BCUT2D eigenvalue weighted by Gasteiger charge is 2.53. The second-order valence-corrected chi connectivity index (χ2v) is 10.9. The van der Waals surface area contributed by atoms with Gasteiger partial charge in [-0.3, -0.25) is 4.79 Å². The number of ether oxygens (including phenoxy) is 4. The van der Waals surface area contributed by atoms with Gasteiger partial charge in [-0.05, 0) is 65.5 Å². The Morgan fingerprint density at radius 1 is 1.00 bits per heavy atom. The van der Waals surface area contributed by atoms with E-state index in [0.29, 0.717) is 53.5 Å². The van der Waals surface area contributed by atoms with Crippen LogP contribution in [0.1, 0.15) is 34.8 Å². The standard InChI is InChI=1S/C36H37N5O6/c1-44-29-17-18-32(45-2)27(23-29)19-20-38-35(43)36(24-25-9-4-3-5-10-25)33(30-11-6-7-12-31(30)40-41-37)47-34(39-36)26-13-15-28(16-14-26)46-22-8-21-42/h3-7,9-18,23,33,42H,8,19-22,24H2,1-2H3,(H,38,43)/t33-,36-/m1/s1. The zero-order chi connectivity index (χ0) is 33.1. The Hall–Kier alpha value is -5.51. The van der Waals surface area contributed by atoms with Crippen LogP contribution in [0, 0.1) is 0 Å². The number of rotatable bonds is 15. The molecule has 11 heteroatoms. The quantitative estimate of drug-likeness (QED) is 0.0682. The number of hydrogen-bond acceptors (Lipinski definition) is 8. The SMILES string of the molecule is COc1ccc(OC)c(CCNC(=O)[C@]2(Cc3ccccc3)N=C(c3ccc(OCCCO)cc3)O[C@@H]2c2ccccc2N=[N+]=[N-])c1. The van der Waals surface area contributed by atoms with Crippen molar-refractivity contribution in [2.75, 3.05) is 34.0 Å². The van der Waals surface area contributed by atoms with Crippen LogP contribution in [0.4, 0.5) is 5.69 Å². The molecule has 0 bridgehead atoms. The Morgan fingerprint density at radius 2 is 1.74 bits per heavy atom. The molecule has 0 saturated carbocycles. The number of carbonyl (C=O) groups is 1. The zero-order valence-electron chi connectivity index (χ0n) is 26.3. The first-order valence-electron chi connectivity index (χ1n) is 15.3. The fraction of sp³-hybridized carbons (Fsp3) is 0.278. The molecule has 0 aliphatic carbocycles. The summed E-state index contributed by atoms with van der Waals surface area (Å²) in [6, 6.07) is 29.4.